The molecule has 84 valence electrons. The topological polar surface area (TPSA) is 63.6 Å². The van der Waals surface area contributed by atoms with Crippen LogP contribution in [0.25, 0.3) is 0 Å². The summed E-state index contributed by atoms with van der Waals surface area (Å²) in [6.45, 7) is 0. The van der Waals surface area contributed by atoms with Crippen molar-refractivity contribution in [3.05, 3.63) is 29.3 Å². The van der Waals surface area contributed by atoms with Crippen LogP contribution in [0.2, 0.25) is 0 Å². The predicted octanol–water partition coefficient (Wildman–Crippen LogP) is 1.52. The number of hydrogen-bond donors (Lipinski definition) is 1. The van der Waals surface area contributed by atoms with Crippen molar-refractivity contribution >= 4 is 11.8 Å². The van der Waals surface area contributed by atoms with E-state index in [0.29, 0.717) is 17.7 Å². The van der Waals surface area contributed by atoms with Crippen LogP contribution in [-0.2, 0) is 11.2 Å². The maximum atomic E-state index is 11.7. The standard InChI is InChI=1S/C12H12O4/c1-16-9-3-2-7-4-8(12(14)15)5-11(13)10(7)6-9/h2-3,6,8H,4-5H2,1H3,(H,14,15)/t8-/m0/s1. The number of benzene rings is 1. The van der Waals surface area contributed by atoms with Crippen molar-refractivity contribution in [3.63, 3.8) is 0 Å². The van der Waals surface area contributed by atoms with E-state index in [4.69, 9.17) is 9.84 Å². The molecule has 4 heteroatoms. The van der Waals surface area contributed by atoms with Crippen molar-refractivity contribution in [2.24, 2.45) is 5.92 Å². The highest BCUT2D eigenvalue weighted by molar-refractivity contribution is 6.01. The number of methoxy groups -OCH3 is 1. The molecule has 0 heterocycles. The lowest BCUT2D eigenvalue weighted by atomic mass is 9.83. The number of fused-ring (bicyclic) bond motifs is 1. The number of carbonyl (C=O) groups is 2. The molecule has 1 aliphatic carbocycles. The quantitative estimate of drug-likeness (QED) is 0.820. The molecule has 1 N–H and O–H groups in total. The minimum absolute atomic E-state index is 0.0789. The van der Waals surface area contributed by atoms with Gasteiger partial charge in [-0.3, -0.25) is 9.59 Å². The Hall–Kier alpha value is -1.84. The van der Waals surface area contributed by atoms with Gasteiger partial charge in [-0.2, -0.15) is 0 Å². The van der Waals surface area contributed by atoms with Crippen LogP contribution < -0.4 is 4.74 Å². The predicted molar refractivity (Wildman–Crippen MR) is 56.8 cm³/mol. The first kappa shape index (κ1) is 10.7. The fourth-order valence-corrected chi connectivity index (χ4v) is 1.97. The van der Waals surface area contributed by atoms with E-state index in [1.807, 2.05) is 0 Å². The summed E-state index contributed by atoms with van der Waals surface area (Å²) in [5.41, 5.74) is 1.39. The van der Waals surface area contributed by atoms with Crippen LogP contribution in [0, 0.1) is 5.92 Å². The number of carboxylic acids is 1. The maximum absolute atomic E-state index is 11.7. The fourth-order valence-electron chi connectivity index (χ4n) is 1.97. The number of ether oxygens (including phenoxy) is 1. The first-order valence-electron chi connectivity index (χ1n) is 5.04. The van der Waals surface area contributed by atoms with Gasteiger partial charge in [-0.25, -0.2) is 0 Å². The molecule has 0 saturated carbocycles. The number of hydrogen-bond acceptors (Lipinski definition) is 3. The van der Waals surface area contributed by atoms with Crippen LogP contribution in [0.15, 0.2) is 18.2 Å². The van der Waals surface area contributed by atoms with Gasteiger partial charge in [0.2, 0.25) is 0 Å². The molecule has 1 aromatic rings. The largest absolute Gasteiger partial charge is 0.497 e. The van der Waals surface area contributed by atoms with Crippen molar-refractivity contribution in [1.82, 2.24) is 0 Å². The van der Waals surface area contributed by atoms with Gasteiger partial charge in [0.1, 0.15) is 5.75 Å². The molecule has 2 rings (SSSR count). The van der Waals surface area contributed by atoms with E-state index < -0.39 is 11.9 Å². The molecular weight excluding hydrogens is 208 g/mol. The highest BCUT2D eigenvalue weighted by Gasteiger charge is 2.29. The third-order valence-electron chi connectivity index (χ3n) is 2.86. The lowest BCUT2D eigenvalue weighted by Crippen LogP contribution is -2.26. The average molecular weight is 220 g/mol. The lowest BCUT2D eigenvalue weighted by Gasteiger charge is -2.20. The zero-order valence-corrected chi connectivity index (χ0v) is 8.90. The molecule has 1 atom stereocenters. The normalized spacial score (nSPS) is 19.1. The smallest absolute Gasteiger partial charge is 0.307 e. The summed E-state index contributed by atoms with van der Waals surface area (Å²) < 4.78 is 5.03. The van der Waals surface area contributed by atoms with Crippen LogP contribution in [0.4, 0.5) is 0 Å². The summed E-state index contributed by atoms with van der Waals surface area (Å²) in [6, 6.07) is 5.19. The molecule has 0 bridgehead atoms. The Morgan fingerprint density at radius 3 is 2.81 bits per heavy atom. The minimum Gasteiger partial charge on any atom is -0.497 e. The van der Waals surface area contributed by atoms with Gasteiger partial charge in [0.15, 0.2) is 5.78 Å². The second-order valence-corrected chi connectivity index (χ2v) is 3.89. The van der Waals surface area contributed by atoms with Gasteiger partial charge in [-0.05, 0) is 24.1 Å². The summed E-state index contributed by atoms with van der Waals surface area (Å²) in [7, 11) is 1.54. The van der Waals surface area contributed by atoms with Gasteiger partial charge in [0.05, 0.1) is 13.0 Å². The number of Topliss-reactive ketones (excluding diaryl/α,β-unsaturated/α-hetero) is 1. The van der Waals surface area contributed by atoms with Crippen molar-refractivity contribution in [2.75, 3.05) is 7.11 Å². The van der Waals surface area contributed by atoms with Crippen LogP contribution >= 0.6 is 0 Å². The van der Waals surface area contributed by atoms with Gasteiger partial charge >= 0.3 is 5.97 Å². The molecule has 0 saturated heterocycles. The highest BCUT2D eigenvalue weighted by atomic mass is 16.5. The first-order chi connectivity index (χ1) is 7.61. The molecule has 0 radical (unpaired) electrons. The Kier molecular flexibility index (Phi) is 2.64. The van der Waals surface area contributed by atoms with E-state index in [0.717, 1.165) is 5.56 Å². The first-order valence-corrected chi connectivity index (χ1v) is 5.04. The van der Waals surface area contributed by atoms with E-state index in [9.17, 15) is 9.59 Å². The number of rotatable bonds is 2. The maximum Gasteiger partial charge on any atom is 0.307 e. The number of carboxylic acid groups (broad SMARTS) is 1. The van der Waals surface area contributed by atoms with Gasteiger partial charge in [-0.1, -0.05) is 6.07 Å². The van der Waals surface area contributed by atoms with Crippen molar-refractivity contribution < 1.29 is 19.4 Å². The van der Waals surface area contributed by atoms with Crippen molar-refractivity contribution in [3.8, 4) is 5.75 Å². The SMILES string of the molecule is COc1ccc2c(c1)C(=O)C[C@@H](C(=O)O)C2. The number of ketones is 1. The van der Waals surface area contributed by atoms with Crippen LogP contribution in [0.1, 0.15) is 22.3 Å². The summed E-state index contributed by atoms with van der Waals surface area (Å²) >= 11 is 0. The Bertz CT molecular complexity index is 450. The summed E-state index contributed by atoms with van der Waals surface area (Å²) in [5, 5.41) is 8.91. The summed E-state index contributed by atoms with van der Waals surface area (Å²) in [4.78, 5) is 22.6. The van der Waals surface area contributed by atoms with E-state index >= 15 is 0 Å². The number of aliphatic carboxylic acids is 1. The Balaban J connectivity index is 2.38. The molecule has 0 unspecified atom stereocenters. The van der Waals surface area contributed by atoms with Crippen LogP contribution in [0.5, 0.6) is 5.75 Å². The molecule has 0 aliphatic heterocycles. The molecule has 0 spiro atoms. The van der Waals surface area contributed by atoms with Crippen LogP contribution in [0.3, 0.4) is 0 Å². The molecule has 16 heavy (non-hydrogen) atoms. The van der Waals surface area contributed by atoms with E-state index in [1.54, 1.807) is 18.2 Å². The monoisotopic (exact) mass is 220 g/mol. The zero-order chi connectivity index (χ0) is 11.7. The zero-order valence-electron chi connectivity index (χ0n) is 8.90. The van der Waals surface area contributed by atoms with E-state index in [2.05, 4.69) is 0 Å². The van der Waals surface area contributed by atoms with Crippen molar-refractivity contribution in [2.45, 2.75) is 12.8 Å². The molecule has 1 aliphatic rings. The van der Waals surface area contributed by atoms with Gasteiger partial charge in [-0.15, -0.1) is 0 Å². The third kappa shape index (κ3) is 1.78. The molecule has 0 fully saturated rings. The molecular formula is C12H12O4. The van der Waals surface area contributed by atoms with E-state index in [-0.39, 0.29) is 12.2 Å². The molecule has 0 amide bonds. The summed E-state index contributed by atoms with van der Waals surface area (Å²) in [5.74, 6) is -0.989. The molecule has 0 aromatic heterocycles. The third-order valence-corrected chi connectivity index (χ3v) is 2.86. The molecule has 1 aromatic carbocycles. The molecule has 4 nitrogen and oxygen atoms in total. The Morgan fingerprint density at radius 1 is 1.44 bits per heavy atom. The van der Waals surface area contributed by atoms with Crippen molar-refractivity contribution in [1.29, 1.82) is 0 Å². The highest BCUT2D eigenvalue weighted by Crippen LogP contribution is 2.28. The summed E-state index contributed by atoms with van der Waals surface area (Å²) in [6.07, 6.45) is 0.496. The fraction of sp³-hybridized carbons (Fsp3) is 0.333. The van der Waals surface area contributed by atoms with Crippen LogP contribution in [-0.4, -0.2) is 24.0 Å². The van der Waals surface area contributed by atoms with Gasteiger partial charge in [0.25, 0.3) is 0 Å². The Labute approximate surface area is 92.8 Å². The second-order valence-electron chi connectivity index (χ2n) is 3.89. The number of carbonyl (C=O) groups excluding carboxylic acids is 1. The average Bonchev–Trinajstić information content (AvgIpc) is 2.28. The van der Waals surface area contributed by atoms with E-state index in [1.165, 1.54) is 7.11 Å². The lowest BCUT2D eigenvalue weighted by molar-refractivity contribution is -0.141. The Morgan fingerprint density at radius 2 is 2.19 bits per heavy atom. The minimum atomic E-state index is -0.908. The van der Waals surface area contributed by atoms with Gasteiger partial charge in [0, 0.05) is 12.0 Å². The van der Waals surface area contributed by atoms with Gasteiger partial charge < -0.3 is 9.84 Å². The second kappa shape index (κ2) is 3.96.